The number of benzene rings is 1. The molecule has 1 aromatic rings. The number of aliphatic hydroxyl groups excluding tert-OH is 1. The van der Waals surface area contributed by atoms with E-state index in [1.807, 2.05) is 0 Å². The topological polar surface area (TPSA) is 44.0 Å². The molecule has 1 N–H and O–H groups in total. The fraction of sp³-hybridized carbons (Fsp3) is 0.300. The molecule has 0 aliphatic rings. The van der Waals surface area contributed by atoms with Crippen LogP contribution in [0, 0.1) is 24.1 Å². The van der Waals surface area contributed by atoms with Gasteiger partial charge in [-0.1, -0.05) is 12.1 Å². The fourth-order valence-corrected chi connectivity index (χ4v) is 1.10. The Morgan fingerprint density at radius 1 is 1.62 bits per heavy atom. The van der Waals surface area contributed by atoms with Crippen molar-refractivity contribution in [1.82, 2.24) is 0 Å². The highest BCUT2D eigenvalue weighted by molar-refractivity contribution is 5.25. The molecule has 3 heteroatoms. The summed E-state index contributed by atoms with van der Waals surface area (Å²) in [5, 5.41) is 17.6. The molecular weight excluding hydrogens is 169 g/mol. The van der Waals surface area contributed by atoms with Crippen molar-refractivity contribution < 1.29 is 9.50 Å². The van der Waals surface area contributed by atoms with Gasteiger partial charge < -0.3 is 5.11 Å². The van der Waals surface area contributed by atoms with E-state index in [2.05, 4.69) is 0 Å². The number of hydrogen-bond donors (Lipinski definition) is 1. The molecule has 2 nitrogen and oxygen atoms in total. The minimum absolute atomic E-state index is 0.0834. The zero-order chi connectivity index (χ0) is 9.84. The van der Waals surface area contributed by atoms with Crippen molar-refractivity contribution in [3.8, 4) is 6.07 Å². The third kappa shape index (κ3) is 2.27. The predicted molar refractivity (Wildman–Crippen MR) is 46.3 cm³/mol. The quantitative estimate of drug-likeness (QED) is 0.755. The van der Waals surface area contributed by atoms with E-state index >= 15 is 0 Å². The lowest BCUT2D eigenvalue weighted by molar-refractivity contribution is 0.178. The number of aryl methyl sites for hydroxylation is 1. The number of hydrogen-bond acceptors (Lipinski definition) is 2. The maximum absolute atomic E-state index is 13.2. The van der Waals surface area contributed by atoms with Crippen molar-refractivity contribution in [1.29, 1.82) is 5.26 Å². The molecule has 1 atom stereocenters. The van der Waals surface area contributed by atoms with Gasteiger partial charge in [0.25, 0.3) is 0 Å². The Balaban J connectivity index is 2.96. The molecule has 0 amide bonds. The van der Waals surface area contributed by atoms with Gasteiger partial charge in [0.05, 0.1) is 18.6 Å². The van der Waals surface area contributed by atoms with E-state index in [1.165, 1.54) is 12.1 Å². The van der Waals surface area contributed by atoms with Crippen molar-refractivity contribution in [2.24, 2.45) is 0 Å². The van der Waals surface area contributed by atoms with Gasteiger partial charge in [-0.15, -0.1) is 0 Å². The molecule has 1 unspecified atom stereocenters. The average Bonchev–Trinajstić information content (AvgIpc) is 2.04. The summed E-state index contributed by atoms with van der Waals surface area (Å²) in [6.07, 6.45) is -1.11. The number of rotatable bonds is 2. The van der Waals surface area contributed by atoms with Crippen molar-refractivity contribution in [3.05, 3.63) is 35.1 Å². The summed E-state index contributed by atoms with van der Waals surface area (Å²) in [6, 6.07) is 6.35. The van der Waals surface area contributed by atoms with Crippen molar-refractivity contribution in [2.45, 2.75) is 19.4 Å². The Labute approximate surface area is 76.2 Å². The van der Waals surface area contributed by atoms with Gasteiger partial charge in [0.15, 0.2) is 0 Å². The normalized spacial score (nSPS) is 12.2. The first-order valence-corrected chi connectivity index (χ1v) is 3.96. The highest BCUT2D eigenvalue weighted by Gasteiger charge is 2.11. The number of nitrogens with zero attached hydrogens (tertiary/aromatic N) is 1. The number of halogens is 1. The lowest BCUT2D eigenvalue weighted by Crippen LogP contribution is -1.99. The monoisotopic (exact) mass is 179 g/mol. The van der Waals surface area contributed by atoms with Crippen molar-refractivity contribution in [3.63, 3.8) is 0 Å². The second kappa shape index (κ2) is 4.01. The van der Waals surface area contributed by atoms with Gasteiger partial charge in [0.2, 0.25) is 0 Å². The van der Waals surface area contributed by atoms with Crippen molar-refractivity contribution in [2.75, 3.05) is 0 Å². The summed E-state index contributed by atoms with van der Waals surface area (Å²) in [6.45, 7) is 1.77. The minimum Gasteiger partial charge on any atom is -0.387 e. The van der Waals surface area contributed by atoms with Crippen molar-refractivity contribution >= 4 is 0 Å². The molecule has 1 aromatic carbocycles. The van der Waals surface area contributed by atoms with Crippen LogP contribution >= 0.6 is 0 Å². The van der Waals surface area contributed by atoms with Crippen LogP contribution in [-0.4, -0.2) is 5.11 Å². The zero-order valence-corrected chi connectivity index (χ0v) is 7.29. The van der Waals surface area contributed by atoms with Crippen LogP contribution in [-0.2, 0) is 0 Å². The van der Waals surface area contributed by atoms with E-state index in [4.69, 9.17) is 5.26 Å². The maximum Gasteiger partial charge on any atom is 0.129 e. The first-order chi connectivity index (χ1) is 6.15. The lowest BCUT2D eigenvalue weighted by Gasteiger charge is -2.08. The van der Waals surface area contributed by atoms with Crippen LogP contribution in [0.5, 0.6) is 0 Å². The van der Waals surface area contributed by atoms with Gasteiger partial charge >= 0.3 is 0 Å². The van der Waals surface area contributed by atoms with Gasteiger partial charge in [0, 0.05) is 5.56 Å². The molecule has 0 radical (unpaired) electrons. The Kier molecular flexibility index (Phi) is 2.99. The van der Waals surface area contributed by atoms with E-state index in [9.17, 15) is 9.50 Å². The summed E-state index contributed by atoms with van der Waals surface area (Å²) in [5.74, 6) is -0.456. The zero-order valence-electron chi connectivity index (χ0n) is 7.29. The summed E-state index contributed by atoms with van der Waals surface area (Å²) < 4.78 is 13.2. The molecule has 0 aromatic heterocycles. The molecule has 1 rings (SSSR count). The largest absolute Gasteiger partial charge is 0.387 e. The first kappa shape index (κ1) is 9.69. The Bertz CT molecular complexity index is 343. The summed E-state index contributed by atoms with van der Waals surface area (Å²) >= 11 is 0. The van der Waals surface area contributed by atoms with Crippen LogP contribution in [0.1, 0.15) is 23.7 Å². The molecule has 13 heavy (non-hydrogen) atoms. The first-order valence-electron chi connectivity index (χ1n) is 3.96. The second-order valence-corrected chi connectivity index (χ2v) is 2.90. The van der Waals surface area contributed by atoms with Crippen LogP contribution < -0.4 is 0 Å². The molecule has 68 valence electrons. The Hall–Kier alpha value is -1.40. The number of aliphatic hydroxyl groups is 1. The lowest BCUT2D eigenvalue weighted by atomic mass is 10.0. The van der Waals surface area contributed by atoms with Gasteiger partial charge in [-0.3, -0.25) is 0 Å². The van der Waals surface area contributed by atoms with Crippen LogP contribution in [0.3, 0.4) is 0 Å². The van der Waals surface area contributed by atoms with Gasteiger partial charge in [0.1, 0.15) is 5.82 Å². The molecule has 0 aliphatic heterocycles. The Morgan fingerprint density at radius 3 is 2.85 bits per heavy atom. The molecule has 0 saturated heterocycles. The van der Waals surface area contributed by atoms with Gasteiger partial charge in [-0.2, -0.15) is 5.26 Å². The Morgan fingerprint density at radius 2 is 2.31 bits per heavy atom. The van der Waals surface area contributed by atoms with Gasteiger partial charge in [-0.05, 0) is 18.6 Å². The molecule has 0 saturated carbocycles. The molecule has 0 bridgehead atoms. The van der Waals surface area contributed by atoms with Crippen LogP contribution in [0.15, 0.2) is 18.2 Å². The fourth-order valence-electron chi connectivity index (χ4n) is 1.10. The summed E-state index contributed by atoms with van der Waals surface area (Å²) in [7, 11) is 0. The summed E-state index contributed by atoms with van der Waals surface area (Å²) in [4.78, 5) is 0. The van der Waals surface area contributed by atoms with E-state index < -0.39 is 11.9 Å². The van der Waals surface area contributed by atoms with Crippen LogP contribution in [0.2, 0.25) is 0 Å². The maximum atomic E-state index is 13.2. The minimum atomic E-state index is -1.02. The third-order valence-corrected chi connectivity index (χ3v) is 1.80. The average molecular weight is 179 g/mol. The van der Waals surface area contributed by atoms with E-state index in [1.54, 1.807) is 19.1 Å². The molecule has 0 heterocycles. The van der Waals surface area contributed by atoms with E-state index in [0.717, 1.165) is 5.56 Å². The second-order valence-electron chi connectivity index (χ2n) is 2.90. The van der Waals surface area contributed by atoms with Crippen LogP contribution in [0.4, 0.5) is 4.39 Å². The smallest absolute Gasteiger partial charge is 0.129 e. The molecule has 0 aliphatic carbocycles. The molecular formula is C10H10FNO. The summed E-state index contributed by atoms with van der Waals surface area (Å²) in [5.41, 5.74) is 0.984. The van der Waals surface area contributed by atoms with E-state index in [-0.39, 0.29) is 12.0 Å². The SMILES string of the molecule is Cc1ccc(C(O)CC#N)c(F)c1. The highest BCUT2D eigenvalue weighted by atomic mass is 19.1. The standard InChI is InChI=1S/C10H10FNO/c1-7-2-3-8(9(11)6-7)10(13)4-5-12/h2-3,6,10,13H,4H2,1H3. The molecule has 0 fully saturated rings. The predicted octanol–water partition coefficient (Wildman–Crippen LogP) is 2.08. The van der Waals surface area contributed by atoms with E-state index in [0.29, 0.717) is 0 Å². The third-order valence-electron chi connectivity index (χ3n) is 1.80. The van der Waals surface area contributed by atoms with Crippen LogP contribution in [0.25, 0.3) is 0 Å². The highest BCUT2D eigenvalue weighted by Crippen LogP contribution is 2.20. The molecule has 0 spiro atoms. The number of nitriles is 1. The van der Waals surface area contributed by atoms with Gasteiger partial charge in [-0.25, -0.2) is 4.39 Å².